The minimum absolute atomic E-state index is 0.175. The van der Waals surface area contributed by atoms with E-state index < -0.39 is 0 Å². The van der Waals surface area contributed by atoms with Crippen LogP contribution in [0.1, 0.15) is 11.3 Å². The number of aromatic amines is 1. The molecule has 21 heavy (non-hydrogen) atoms. The monoisotopic (exact) mass is 415 g/mol. The van der Waals surface area contributed by atoms with Gasteiger partial charge in [0, 0.05) is 0 Å². The van der Waals surface area contributed by atoms with Crippen LogP contribution in [0.15, 0.2) is 31.0 Å². The van der Waals surface area contributed by atoms with Crippen molar-refractivity contribution >= 4 is 44.0 Å². The van der Waals surface area contributed by atoms with Crippen molar-refractivity contribution in [3.05, 3.63) is 42.7 Å². The van der Waals surface area contributed by atoms with Crippen LogP contribution >= 0.6 is 31.9 Å². The molecule has 1 aromatic heterocycles. The van der Waals surface area contributed by atoms with Gasteiger partial charge in [0.15, 0.2) is 0 Å². The molecule has 110 valence electrons. The van der Waals surface area contributed by atoms with E-state index in [2.05, 4.69) is 57.6 Å². The molecular formula is C12H11Br2N5O2. The van der Waals surface area contributed by atoms with Crippen LogP contribution in [0.3, 0.4) is 0 Å². The molecule has 0 saturated heterocycles. The van der Waals surface area contributed by atoms with Gasteiger partial charge in [-0.1, -0.05) is 0 Å². The van der Waals surface area contributed by atoms with Gasteiger partial charge in [-0.25, -0.2) is 5.43 Å². The summed E-state index contributed by atoms with van der Waals surface area (Å²) in [4.78, 5) is 13.9. The maximum atomic E-state index is 11.4. The van der Waals surface area contributed by atoms with Crippen LogP contribution in [0, 0.1) is 6.92 Å². The van der Waals surface area contributed by atoms with Crippen LogP contribution in [0.5, 0.6) is 5.75 Å². The second kappa shape index (κ2) is 6.81. The fourth-order valence-corrected chi connectivity index (χ4v) is 3.01. The first-order valence-electron chi connectivity index (χ1n) is 5.77. The van der Waals surface area contributed by atoms with E-state index in [-0.39, 0.29) is 11.5 Å². The molecule has 0 unspecified atom stereocenters. The summed E-state index contributed by atoms with van der Waals surface area (Å²) in [6.07, 6.45) is 1.58. The Morgan fingerprint density at radius 3 is 2.57 bits per heavy atom. The van der Waals surface area contributed by atoms with Gasteiger partial charge in [0.1, 0.15) is 11.4 Å². The van der Waals surface area contributed by atoms with Crippen molar-refractivity contribution in [1.82, 2.24) is 15.2 Å². The number of anilines is 1. The Morgan fingerprint density at radius 2 is 2.00 bits per heavy atom. The van der Waals surface area contributed by atoms with Crippen molar-refractivity contribution in [2.45, 2.75) is 6.92 Å². The van der Waals surface area contributed by atoms with Crippen molar-refractivity contribution < 1.29 is 4.74 Å². The molecule has 0 bridgehead atoms. The molecule has 7 nitrogen and oxygen atoms in total. The van der Waals surface area contributed by atoms with E-state index >= 15 is 0 Å². The first kappa shape index (κ1) is 15.6. The predicted octanol–water partition coefficient (Wildman–Crippen LogP) is 2.45. The third-order valence-corrected chi connectivity index (χ3v) is 3.65. The topological polar surface area (TPSA) is 92.3 Å². The molecule has 0 aliphatic rings. The molecule has 0 aliphatic heterocycles. The average molecular weight is 417 g/mol. The van der Waals surface area contributed by atoms with Crippen LogP contribution < -0.4 is 15.7 Å². The van der Waals surface area contributed by atoms with Gasteiger partial charge in [0.25, 0.3) is 5.56 Å². The molecular weight excluding hydrogens is 406 g/mol. The fourth-order valence-electron chi connectivity index (χ4n) is 1.46. The number of aryl methyl sites for hydroxylation is 1. The van der Waals surface area contributed by atoms with Gasteiger partial charge in [0.2, 0.25) is 5.95 Å². The molecule has 2 aromatic rings. The quantitative estimate of drug-likeness (QED) is 0.589. The Labute approximate surface area is 137 Å². The van der Waals surface area contributed by atoms with E-state index in [1.54, 1.807) is 20.2 Å². The maximum absolute atomic E-state index is 11.4. The van der Waals surface area contributed by atoms with Crippen LogP contribution in [-0.2, 0) is 0 Å². The Hall–Kier alpha value is -1.74. The van der Waals surface area contributed by atoms with Crippen LogP contribution in [-0.4, -0.2) is 28.5 Å². The van der Waals surface area contributed by atoms with E-state index in [1.165, 1.54) is 0 Å². The number of nitrogens with one attached hydrogen (secondary N) is 2. The van der Waals surface area contributed by atoms with E-state index in [0.29, 0.717) is 11.4 Å². The SMILES string of the molecule is COc1c(Br)cc(/C=N/Nc2nnc(C)c(=O)[nH]2)cc1Br. The summed E-state index contributed by atoms with van der Waals surface area (Å²) in [5.41, 5.74) is 3.42. The normalized spacial score (nSPS) is 10.9. The Kier molecular flexibility index (Phi) is 5.07. The maximum Gasteiger partial charge on any atom is 0.274 e. The zero-order valence-corrected chi connectivity index (χ0v) is 14.3. The number of ether oxygens (including phenoxy) is 1. The number of hydrazone groups is 1. The molecule has 1 heterocycles. The standard InChI is InChI=1S/C12H11Br2N5O2/c1-6-11(20)16-12(19-17-6)18-15-5-7-3-8(13)10(21-2)9(14)4-7/h3-5H,1-2H3,(H2,16,18,19,20)/b15-5+. The molecule has 2 rings (SSSR count). The van der Waals surface area contributed by atoms with Crippen LogP contribution in [0.25, 0.3) is 0 Å². The fraction of sp³-hybridized carbons (Fsp3) is 0.167. The van der Waals surface area contributed by atoms with Crippen LogP contribution in [0.4, 0.5) is 5.95 Å². The average Bonchev–Trinajstić information content (AvgIpc) is 2.42. The van der Waals surface area contributed by atoms with Gasteiger partial charge < -0.3 is 4.74 Å². The molecule has 0 saturated carbocycles. The smallest absolute Gasteiger partial charge is 0.274 e. The number of hydrogen-bond donors (Lipinski definition) is 2. The molecule has 0 aliphatic carbocycles. The lowest BCUT2D eigenvalue weighted by atomic mass is 10.2. The number of hydrogen-bond acceptors (Lipinski definition) is 6. The highest BCUT2D eigenvalue weighted by Gasteiger charge is 2.06. The summed E-state index contributed by atoms with van der Waals surface area (Å²) < 4.78 is 6.81. The summed E-state index contributed by atoms with van der Waals surface area (Å²) >= 11 is 6.81. The Morgan fingerprint density at radius 1 is 1.33 bits per heavy atom. The van der Waals surface area contributed by atoms with Crippen molar-refractivity contribution in [3.63, 3.8) is 0 Å². The summed E-state index contributed by atoms with van der Waals surface area (Å²) in [6, 6.07) is 3.69. The van der Waals surface area contributed by atoms with E-state index in [1.807, 2.05) is 12.1 Å². The molecule has 1 aromatic carbocycles. The van der Waals surface area contributed by atoms with Crippen molar-refractivity contribution in [2.24, 2.45) is 5.10 Å². The van der Waals surface area contributed by atoms with Gasteiger partial charge in [-0.05, 0) is 56.5 Å². The Balaban J connectivity index is 2.14. The first-order valence-corrected chi connectivity index (χ1v) is 7.35. The number of benzene rings is 1. The Bertz CT molecular complexity index is 722. The van der Waals surface area contributed by atoms with Crippen LogP contribution in [0.2, 0.25) is 0 Å². The van der Waals surface area contributed by atoms with Gasteiger partial charge in [0.05, 0.1) is 22.3 Å². The van der Waals surface area contributed by atoms with Gasteiger partial charge >= 0.3 is 0 Å². The minimum atomic E-state index is -0.308. The second-order valence-corrected chi connectivity index (χ2v) is 5.68. The largest absolute Gasteiger partial charge is 0.494 e. The number of halogens is 2. The van der Waals surface area contributed by atoms with Crippen molar-refractivity contribution in [3.8, 4) is 5.75 Å². The second-order valence-electron chi connectivity index (χ2n) is 3.98. The van der Waals surface area contributed by atoms with E-state index in [0.717, 1.165) is 14.5 Å². The summed E-state index contributed by atoms with van der Waals surface area (Å²) in [6.45, 7) is 1.57. The van der Waals surface area contributed by atoms with Gasteiger partial charge in [-0.3, -0.25) is 9.78 Å². The van der Waals surface area contributed by atoms with Gasteiger partial charge in [-0.2, -0.15) is 5.10 Å². The summed E-state index contributed by atoms with van der Waals surface area (Å²) in [5, 5.41) is 11.4. The lowest BCUT2D eigenvalue weighted by Crippen LogP contribution is -2.15. The zero-order chi connectivity index (χ0) is 15.4. The minimum Gasteiger partial charge on any atom is -0.494 e. The van der Waals surface area contributed by atoms with E-state index in [9.17, 15) is 4.79 Å². The number of H-pyrrole nitrogens is 1. The van der Waals surface area contributed by atoms with Gasteiger partial charge in [-0.15, -0.1) is 10.2 Å². The zero-order valence-electron chi connectivity index (χ0n) is 11.1. The lowest BCUT2D eigenvalue weighted by molar-refractivity contribution is 0.409. The molecule has 0 atom stereocenters. The molecule has 2 N–H and O–H groups in total. The third kappa shape index (κ3) is 3.88. The molecule has 0 amide bonds. The molecule has 9 heteroatoms. The molecule has 0 spiro atoms. The third-order valence-electron chi connectivity index (χ3n) is 2.47. The summed E-state index contributed by atoms with van der Waals surface area (Å²) in [5.74, 6) is 0.877. The first-order chi connectivity index (χ1) is 10.0. The number of rotatable bonds is 4. The number of aromatic nitrogens is 3. The number of nitrogens with zero attached hydrogens (tertiary/aromatic N) is 3. The molecule has 0 fully saturated rings. The highest BCUT2D eigenvalue weighted by atomic mass is 79.9. The molecule has 0 radical (unpaired) electrons. The van der Waals surface area contributed by atoms with Crippen molar-refractivity contribution in [2.75, 3.05) is 12.5 Å². The van der Waals surface area contributed by atoms with Crippen molar-refractivity contribution in [1.29, 1.82) is 0 Å². The number of methoxy groups -OCH3 is 1. The highest BCUT2D eigenvalue weighted by Crippen LogP contribution is 2.33. The highest BCUT2D eigenvalue weighted by molar-refractivity contribution is 9.11. The summed E-state index contributed by atoms with van der Waals surface area (Å²) in [7, 11) is 1.59. The van der Waals surface area contributed by atoms with E-state index in [4.69, 9.17) is 4.74 Å². The lowest BCUT2D eigenvalue weighted by Gasteiger charge is -2.06. The predicted molar refractivity (Wildman–Crippen MR) is 87.0 cm³/mol.